The van der Waals surface area contributed by atoms with Crippen LogP contribution in [0.3, 0.4) is 0 Å². The summed E-state index contributed by atoms with van der Waals surface area (Å²) in [5.74, 6) is -0.0527. The molecule has 0 saturated heterocycles. The molecule has 1 aliphatic rings. The zero-order valence-corrected chi connectivity index (χ0v) is 19.8. The number of carbonyl (C=O) groups is 2. The molecule has 9 nitrogen and oxygen atoms in total. The topological polar surface area (TPSA) is 124 Å². The van der Waals surface area contributed by atoms with Crippen LogP contribution in [0.5, 0.6) is 5.75 Å². The molecular weight excluding hydrogens is 450 g/mol. The van der Waals surface area contributed by atoms with E-state index in [0.29, 0.717) is 41.5 Å². The number of aryl methyl sites for hydroxylation is 1. The molecule has 184 valence electrons. The van der Waals surface area contributed by atoms with Crippen LogP contribution in [0.4, 0.5) is 10.5 Å². The van der Waals surface area contributed by atoms with E-state index in [1.54, 1.807) is 56.6 Å². The maximum atomic E-state index is 12.5. The maximum Gasteiger partial charge on any atom is 0.412 e. The van der Waals surface area contributed by atoms with Crippen LogP contribution < -0.4 is 10.1 Å². The second kappa shape index (κ2) is 11.0. The molecule has 1 amide bonds. The molecule has 2 heterocycles. The van der Waals surface area contributed by atoms with Gasteiger partial charge in [0.2, 0.25) is 0 Å². The first kappa shape index (κ1) is 24.3. The molecule has 0 radical (unpaired) electrons. The van der Waals surface area contributed by atoms with Gasteiger partial charge < -0.3 is 19.1 Å². The summed E-state index contributed by atoms with van der Waals surface area (Å²) in [7, 11) is 0. The van der Waals surface area contributed by atoms with Gasteiger partial charge in [0.1, 0.15) is 23.2 Å². The van der Waals surface area contributed by atoms with Crippen LogP contribution in [0.15, 0.2) is 53.3 Å². The Morgan fingerprint density at radius 1 is 1.20 bits per heavy atom. The van der Waals surface area contributed by atoms with Gasteiger partial charge in [-0.3, -0.25) is 15.1 Å². The van der Waals surface area contributed by atoms with E-state index in [1.165, 1.54) is 0 Å². The van der Waals surface area contributed by atoms with Gasteiger partial charge in [0.15, 0.2) is 5.76 Å². The molecule has 2 N–H and O–H groups in total. The number of carboxylic acids is 1. The van der Waals surface area contributed by atoms with E-state index in [2.05, 4.69) is 15.5 Å². The lowest BCUT2D eigenvalue weighted by Gasteiger charge is -2.28. The molecule has 1 fully saturated rings. The summed E-state index contributed by atoms with van der Waals surface area (Å²) in [6.45, 7) is 3.86. The fourth-order valence-corrected chi connectivity index (χ4v) is 4.33. The number of benzene rings is 1. The van der Waals surface area contributed by atoms with Crippen molar-refractivity contribution in [3.63, 3.8) is 0 Å². The van der Waals surface area contributed by atoms with E-state index >= 15 is 0 Å². The smallest absolute Gasteiger partial charge is 0.412 e. The molecule has 2 aromatic heterocycles. The first-order valence-corrected chi connectivity index (χ1v) is 11.7. The average Bonchev–Trinajstić information content (AvgIpc) is 3.23. The highest BCUT2D eigenvalue weighted by atomic mass is 16.6. The molecule has 9 heteroatoms. The van der Waals surface area contributed by atoms with Crippen molar-refractivity contribution < 1.29 is 28.7 Å². The Balaban J connectivity index is 1.39. The van der Waals surface area contributed by atoms with Gasteiger partial charge in [-0.1, -0.05) is 24.1 Å². The van der Waals surface area contributed by atoms with Gasteiger partial charge in [-0.2, -0.15) is 0 Å². The van der Waals surface area contributed by atoms with Crippen molar-refractivity contribution >= 4 is 17.7 Å². The van der Waals surface area contributed by atoms with Gasteiger partial charge in [0.05, 0.1) is 12.5 Å². The Morgan fingerprint density at radius 2 is 1.97 bits per heavy atom. The van der Waals surface area contributed by atoms with Crippen LogP contribution in [-0.4, -0.2) is 33.9 Å². The quantitative estimate of drug-likeness (QED) is 0.426. The van der Waals surface area contributed by atoms with Gasteiger partial charge in [-0.15, -0.1) is 0 Å². The Labute approximate surface area is 203 Å². The lowest BCUT2D eigenvalue weighted by Crippen LogP contribution is -2.31. The number of nitrogens with one attached hydrogen (secondary N) is 1. The number of pyridine rings is 1. The summed E-state index contributed by atoms with van der Waals surface area (Å²) >= 11 is 0. The van der Waals surface area contributed by atoms with E-state index in [4.69, 9.17) is 14.0 Å². The van der Waals surface area contributed by atoms with E-state index in [9.17, 15) is 14.7 Å². The average molecular weight is 480 g/mol. The predicted molar refractivity (Wildman–Crippen MR) is 128 cm³/mol. The zero-order valence-electron chi connectivity index (χ0n) is 19.8. The lowest BCUT2D eigenvalue weighted by atomic mass is 9.80. The predicted octanol–water partition coefficient (Wildman–Crippen LogP) is 5.62. The summed E-state index contributed by atoms with van der Waals surface area (Å²) in [5.41, 5.74) is 2.43. The third-order valence-corrected chi connectivity index (χ3v) is 6.33. The van der Waals surface area contributed by atoms with E-state index in [0.717, 1.165) is 24.8 Å². The number of hydrogen-bond donors (Lipinski definition) is 2. The Hall–Kier alpha value is -3.88. The summed E-state index contributed by atoms with van der Waals surface area (Å²) < 4.78 is 16.8. The van der Waals surface area contributed by atoms with Crippen molar-refractivity contribution in [2.45, 2.75) is 45.6 Å². The molecule has 1 aromatic carbocycles. The summed E-state index contributed by atoms with van der Waals surface area (Å²) in [4.78, 5) is 28.1. The number of amides is 1. The molecule has 4 rings (SSSR count). The van der Waals surface area contributed by atoms with Crippen LogP contribution in [0.2, 0.25) is 0 Å². The Morgan fingerprint density at radius 3 is 2.69 bits per heavy atom. The molecule has 0 spiro atoms. The van der Waals surface area contributed by atoms with E-state index < -0.39 is 18.2 Å². The van der Waals surface area contributed by atoms with Gasteiger partial charge >= 0.3 is 12.1 Å². The van der Waals surface area contributed by atoms with Crippen LogP contribution >= 0.6 is 0 Å². The van der Waals surface area contributed by atoms with Gasteiger partial charge in [-0.25, -0.2) is 4.79 Å². The standard InChI is InChI=1S/C26H29N3O6/c1-16-23(28-26(32)34-17(2)19-7-5-13-27-14-19)24(35-29-16)18-9-11-21(12-10-18)33-15-20-6-3-4-8-22(20)25(30)31/h5,7,9-14,17,20,22H,3-4,6,8,15H2,1-2H3,(H,28,32)(H,30,31)/t17-,20-,22+/m1/s1. The second-order valence-electron chi connectivity index (χ2n) is 8.76. The van der Waals surface area contributed by atoms with Crippen LogP contribution in [0, 0.1) is 18.8 Å². The fourth-order valence-electron chi connectivity index (χ4n) is 4.33. The van der Waals surface area contributed by atoms with E-state index in [1.807, 2.05) is 6.07 Å². The monoisotopic (exact) mass is 479 g/mol. The molecule has 1 aliphatic carbocycles. The van der Waals surface area contributed by atoms with Crippen LogP contribution in [0.1, 0.15) is 50.0 Å². The second-order valence-corrected chi connectivity index (χ2v) is 8.76. The van der Waals surface area contributed by atoms with Gasteiger partial charge in [0.25, 0.3) is 0 Å². The number of carbonyl (C=O) groups excluding carboxylic acids is 1. The Kier molecular flexibility index (Phi) is 7.64. The molecule has 1 saturated carbocycles. The molecule has 35 heavy (non-hydrogen) atoms. The summed E-state index contributed by atoms with van der Waals surface area (Å²) in [6.07, 6.45) is 5.73. The number of nitrogens with zero attached hydrogens (tertiary/aromatic N) is 2. The lowest BCUT2D eigenvalue weighted by molar-refractivity contribution is -0.145. The van der Waals surface area contributed by atoms with Crippen molar-refractivity contribution in [1.29, 1.82) is 0 Å². The van der Waals surface area contributed by atoms with Gasteiger partial charge in [-0.05, 0) is 57.0 Å². The third-order valence-electron chi connectivity index (χ3n) is 6.33. The van der Waals surface area contributed by atoms with Crippen molar-refractivity contribution in [2.24, 2.45) is 11.8 Å². The number of anilines is 1. The van der Waals surface area contributed by atoms with Crippen LogP contribution in [-0.2, 0) is 9.53 Å². The summed E-state index contributed by atoms with van der Waals surface area (Å²) in [5, 5.41) is 16.2. The SMILES string of the molecule is Cc1noc(-c2ccc(OC[C@H]3CCCC[C@@H]3C(=O)O)cc2)c1NC(=O)O[C@H](C)c1cccnc1. The van der Waals surface area contributed by atoms with Crippen molar-refractivity contribution in [3.05, 3.63) is 60.0 Å². The van der Waals surface area contributed by atoms with E-state index in [-0.39, 0.29) is 11.8 Å². The van der Waals surface area contributed by atoms with Crippen molar-refractivity contribution in [3.8, 4) is 17.1 Å². The Bertz CT molecular complexity index is 1150. The zero-order chi connectivity index (χ0) is 24.8. The first-order chi connectivity index (χ1) is 16.9. The molecule has 0 unspecified atom stereocenters. The number of hydrogen-bond acceptors (Lipinski definition) is 7. The molecule has 3 aromatic rings. The fraction of sp³-hybridized carbons (Fsp3) is 0.385. The highest BCUT2D eigenvalue weighted by Crippen LogP contribution is 2.34. The maximum absolute atomic E-state index is 12.5. The largest absolute Gasteiger partial charge is 0.493 e. The normalized spacial score (nSPS) is 18.5. The van der Waals surface area contributed by atoms with Crippen molar-refractivity contribution in [2.75, 3.05) is 11.9 Å². The number of aromatic nitrogens is 2. The highest BCUT2D eigenvalue weighted by Gasteiger charge is 2.31. The van der Waals surface area contributed by atoms with Gasteiger partial charge in [0, 0.05) is 29.4 Å². The highest BCUT2D eigenvalue weighted by molar-refractivity contribution is 5.90. The van der Waals surface area contributed by atoms with Crippen LogP contribution in [0.25, 0.3) is 11.3 Å². The number of carboxylic acid groups (broad SMARTS) is 1. The molecule has 0 bridgehead atoms. The molecular formula is C26H29N3O6. The van der Waals surface area contributed by atoms with Crippen molar-refractivity contribution in [1.82, 2.24) is 10.1 Å². The number of rotatable bonds is 8. The minimum atomic E-state index is -0.747. The molecule has 0 aliphatic heterocycles. The summed E-state index contributed by atoms with van der Waals surface area (Å²) in [6, 6.07) is 10.8. The minimum absolute atomic E-state index is 0.00808. The number of aliphatic carboxylic acids is 1. The molecule has 3 atom stereocenters. The number of ether oxygens (including phenoxy) is 2. The first-order valence-electron chi connectivity index (χ1n) is 11.7. The third kappa shape index (κ3) is 5.98. The minimum Gasteiger partial charge on any atom is -0.493 e.